The van der Waals surface area contributed by atoms with Crippen LogP contribution in [0.5, 0.6) is 0 Å². The molecule has 0 saturated carbocycles. The van der Waals surface area contributed by atoms with E-state index in [4.69, 9.17) is 34.8 Å². The minimum absolute atomic E-state index is 0.0159. The van der Waals surface area contributed by atoms with Gasteiger partial charge in [0, 0.05) is 11.1 Å². The molecule has 0 atom stereocenters. The van der Waals surface area contributed by atoms with Crippen LogP contribution >= 0.6 is 34.8 Å². The monoisotopic (exact) mass is 372 g/mol. The molecule has 1 aromatic rings. The van der Waals surface area contributed by atoms with Gasteiger partial charge in [-0.1, -0.05) is 48.7 Å². The quantitative estimate of drug-likeness (QED) is 0.672. The fraction of sp³-hybridized carbons (Fsp3) is 0.538. The summed E-state index contributed by atoms with van der Waals surface area (Å²) >= 11 is 17.7. The van der Waals surface area contributed by atoms with E-state index in [0.717, 1.165) is 13.0 Å². The number of unbranched alkanes of at least 4 members (excludes halogenated alkanes) is 1. The molecule has 0 heterocycles. The lowest BCUT2D eigenvalue weighted by atomic mass is 10.3. The highest BCUT2D eigenvalue weighted by Gasteiger charge is 2.15. The van der Waals surface area contributed by atoms with Crippen LogP contribution in [0.1, 0.15) is 26.7 Å². The first kappa shape index (κ1) is 18.8. The Morgan fingerprint density at radius 2 is 1.67 bits per heavy atom. The molecule has 0 aliphatic rings. The molecule has 1 aromatic carbocycles. The van der Waals surface area contributed by atoms with Gasteiger partial charge in [0.2, 0.25) is 10.0 Å². The molecule has 21 heavy (non-hydrogen) atoms. The van der Waals surface area contributed by atoms with Gasteiger partial charge in [0.15, 0.2) is 0 Å². The van der Waals surface area contributed by atoms with Crippen molar-refractivity contribution in [2.75, 3.05) is 17.0 Å². The number of nitrogens with one attached hydrogen (secondary N) is 2. The lowest BCUT2D eigenvalue weighted by molar-refractivity contribution is 0.561. The van der Waals surface area contributed by atoms with E-state index in [1.54, 1.807) is 0 Å². The van der Waals surface area contributed by atoms with Gasteiger partial charge in [-0.2, -0.15) is 0 Å². The third kappa shape index (κ3) is 7.06. The summed E-state index contributed by atoms with van der Waals surface area (Å²) in [5, 5.41) is 3.94. The molecule has 0 saturated heterocycles. The minimum atomic E-state index is -3.48. The van der Waals surface area contributed by atoms with Crippen LogP contribution in [-0.2, 0) is 10.0 Å². The zero-order valence-electron chi connectivity index (χ0n) is 11.9. The first-order chi connectivity index (χ1) is 9.71. The topological polar surface area (TPSA) is 58.2 Å². The van der Waals surface area contributed by atoms with Crippen LogP contribution < -0.4 is 10.0 Å². The van der Waals surface area contributed by atoms with E-state index in [9.17, 15) is 8.42 Å². The Kier molecular flexibility index (Phi) is 7.57. The van der Waals surface area contributed by atoms with E-state index in [2.05, 4.69) is 10.0 Å². The fourth-order valence-electron chi connectivity index (χ4n) is 1.65. The molecule has 0 fully saturated rings. The third-order valence-electron chi connectivity index (χ3n) is 2.66. The first-order valence-electron chi connectivity index (χ1n) is 6.59. The van der Waals surface area contributed by atoms with E-state index in [1.165, 1.54) is 12.1 Å². The molecular formula is C13H19Cl3N2O2S. The number of rotatable bonds is 8. The maximum Gasteiger partial charge on any atom is 0.232 e. The molecule has 0 spiro atoms. The van der Waals surface area contributed by atoms with E-state index in [-0.39, 0.29) is 21.5 Å². The van der Waals surface area contributed by atoms with Gasteiger partial charge in [-0.25, -0.2) is 8.42 Å². The molecule has 8 heteroatoms. The summed E-state index contributed by atoms with van der Waals surface area (Å²) in [6.45, 7) is 4.88. The number of halogens is 3. The van der Waals surface area contributed by atoms with Crippen molar-refractivity contribution in [3.63, 3.8) is 0 Å². The van der Waals surface area contributed by atoms with Crippen molar-refractivity contribution >= 4 is 50.5 Å². The normalized spacial score (nSPS) is 11.9. The van der Waals surface area contributed by atoms with Crippen LogP contribution in [0, 0.1) is 0 Å². The second kappa shape index (κ2) is 8.44. The number of anilines is 1. The number of sulfonamides is 1. The Morgan fingerprint density at radius 1 is 1.10 bits per heavy atom. The van der Waals surface area contributed by atoms with Gasteiger partial charge in [0.05, 0.1) is 21.5 Å². The molecule has 0 aliphatic heterocycles. The van der Waals surface area contributed by atoms with Crippen LogP contribution in [0.2, 0.25) is 15.1 Å². The van der Waals surface area contributed by atoms with Gasteiger partial charge in [0.25, 0.3) is 0 Å². The Morgan fingerprint density at radius 3 is 2.19 bits per heavy atom. The van der Waals surface area contributed by atoms with Crippen molar-refractivity contribution in [3.05, 3.63) is 27.2 Å². The van der Waals surface area contributed by atoms with Gasteiger partial charge < -0.3 is 5.32 Å². The predicted octanol–water partition coefficient (Wildman–Crippen LogP) is 4.17. The zero-order chi connectivity index (χ0) is 16.0. The smallest absolute Gasteiger partial charge is 0.232 e. The predicted molar refractivity (Wildman–Crippen MR) is 91.3 cm³/mol. The van der Waals surface area contributed by atoms with Crippen molar-refractivity contribution in [1.82, 2.24) is 5.32 Å². The van der Waals surface area contributed by atoms with Crippen molar-refractivity contribution < 1.29 is 8.42 Å². The Hall–Kier alpha value is -0.200. The highest BCUT2D eigenvalue weighted by atomic mass is 35.5. The standard InChI is InChI=1S/C13H19Cl3N2O2S/c1-9(2)17-5-3-4-6-21(19,20)18-13-11(15)7-10(14)8-12(13)16/h7-9,17-18H,3-6H2,1-2H3. The Bertz CT molecular complexity index is 554. The molecule has 0 aromatic heterocycles. The van der Waals surface area contributed by atoms with Gasteiger partial charge >= 0.3 is 0 Å². The van der Waals surface area contributed by atoms with Crippen LogP contribution in [-0.4, -0.2) is 26.8 Å². The van der Waals surface area contributed by atoms with Crippen LogP contribution in [0.15, 0.2) is 12.1 Å². The lowest BCUT2D eigenvalue weighted by Gasteiger charge is -2.12. The number of hydrogen-bond donors (Lipinski definition) is 2. The summed E-state index contributed by atoms with van der Waals surface area (Å²) in [5.41, 5.74) is 0.169. The van der Waals surface area contributed by atoms with Crippen molar-refractivity contribution in [1.29, 1.82) is 0 Å². The molecule has 0 unspecified atom stereocenters. The van der Waals surface area contributed by atoms with Gasteiger partial charge in [-0.05, 0) is 31.5 Å². The molecule has 0 aliphatic carbocycles. The van der Waals surface area contributed by atoms with E-state index >= 15 is 0 Å². The highest BCUT2D eigenvalue weighted by Crippen LogP contribution is 2.34. The summed E-state index contributed by atoms with van der Waals surface area (Å²) in [5.74, 6) is 0.0159. The van der Waals surface area contributed by atoms with E-state index in [0.29, 0.717) is 17.5 Å². The second-order valence-corrected chi connectivity index (χ2v) is 8.07. The Balaban J connectivity index is 2.57. The van der Waals surface area contributed by atoms with Crippen molar-refractivity contribution in [2.45, 2.75) is 32.7 Å². The fourth-order valence-corrected chi connectivity index (χ4v) is 3.89. The Labute approximate surface area is 141 Å². The third-order valence-corrected chi connectivity index (χ3v) is 4.81. The summed E-state index contributed by atoms with van der Waals surface area (Å²) in [6, 6.07) is 3.28. The maximum atomic E-state index is 12.0. The van der Waals surface area contributed by atoms with Gasteiger partial charge in [-0.3, -0.25) is 4.72 Å². The molecule has 2 N–H and O–H groups in total. The maximum absolute atomic E-state index is 12.0. The molecule has 0 radical (unpaired) electrons. The summed E-state index contributed by atoms with van der Waals surface area (Å²) in [4.78, 5) is 0. The van der Waals surface area contributed by atoms with Crippen LogP contribution in [0.25, 0.3) is 0 Å². The minimum Gasteiger partial charge on any atom is -0.315 e. The average Bonchev–Trinajstić information content (AvgIpc) is 2.33. The van der Waals surface area contributed by atoms with Gasteiger partial charge in [0.1, 0.15) is 0 Å². The molecule has 120 valence electrons. The van der Waals surface area contributed by atoms with Crippen molar-refractivity contribution in [3.8, 4) is 0 Å². The molecule has 0 amide bonds. The van der Waals surface area contributed by atoms with E-state index < -0.39 is 10.0 Å². The molecule has 4 nitrogen and oxygen atoms in total. The highest BCUT2D eigenvalue weighted by molar-refractivity contribution is 7.92. The van der Waals surface area contributed by atoms with Crippen LogP contribution in [0.4, 0.5) is 5.69 Å². The molecule has 0 bridgehead atoms. The SMILES string of the molecule is CC(C)NCCCCS(=O)(=O)Nc1c(Cl)cc(Cl)cc1Cl. The molecule has 1 rings (SSSR count). The van der Waals surface area contributed by atoms with E-state index in [1.807, 2.05) is 13.8 Å². The lowest BCUT2D eigenvalue weighted by Crippen LogP contribution is -2.24. The van der Waals surface area contributed by atoms with Crippen LogP contribution in [0.3, 0.4) is 0 Å². The molecular weight excluding hydrogens is 355 g/mol. The zero-order valence-corrected chi connectivity index (χ0v) is 15.0. The first-order valence-corrected chi connectivity index (χ1v) is 9.38. The number of hydrogen-bond acceptors (Lipinski definition) is 3. The van der Waals surface area contributed by atoms with Crippen molar-refractivity contribution in [2.24, 2.45) is 0 Å². The summed E-state index contributed by atoms with van der Waals surface area (Å²) in [7, 11) is -3.48. The summed E-state index contributed by atoms with van der Waals surface area (Å²) in [6.07, 6.45) is 1.33. The summed E-state index contributed by atoms with van der Waals surface area (Å²) < 4.78 is 26.4. The second-order valence-electron chi connectivity index (χ2n) is 4.98. The largest absolute Gasteiger partial charge is 0.315 e. The van der Waals surface area contributed by atoms with Gasteiger partial charge in [-0.15, -0.1) is 0 Å². The number of benzene rings is 1. The average molecular weight is 374 g/mol.